The number of carbonyl (C=O) groups is 2. The van der Waals surface area contributed by atoms with Crippen LogP contribution in [0, 0.1) is 4.91 Å². The van der Waals surface area contributed by atoms with Crippen molar-refractivity contribution in [1.82, 2.24) is 4.90 Å². The molecule has 0 spiro atoms. The Morgan fingerprint density at radius 3 is 2.50 bits per heavy atom. The molecule has 1 heterocycles. The van der Waals surface area contributed by atoms with Gasteiger partial charge in [0, 0.05) is 30.6 Å². The van der Waals surface area contributed by atoms with Gasteiger partial charge in [-0.15, -0.1) is 5.11 Å². The molecule has 0 radical (unpaired) electrons. The summed E-state index contributed by atoms with van der Waals surface area (Å²) in [7, 11) is 0. The minimum atomic E-state index is -0.366. The first kappa shape index (κ1) is 26.4. The lowest BCUT2D eigenvalue weighted by Crippen LogP contribution is -2.34. The van der Waals surface area contributed by atoms with E-state index in [1.807, 2.05) is 43.3 Å². The summed E-state index contributed by atoms with van der Waals surface area (Å²) in [6.07, 6.45) is 3.27. The van der Waals surface area contributed by atoms with Gasteiger partial charge in [0.25, 0.3) is 0 Å². The highest BCUT2D eigenvalue weighted by Crippen LogP contribution is 2.33. The van der Waals surface area contributed by atoms with Gasteiger partial charge in [-0.2, -0.15) is 4.91 Å². The summed E-state index contributed by atoms with van der Waals surface area (Å²) in [6.45, 7) is 5.23. The van der Waals surface area contributed by atoms with Gasteiger partial charge in [0.2, 0.25) is 5.91 Å². The van der Waals surface area contributed by atoms with Crippen LogP contribution in [0.5, 0.6) is 0 Å². The second-order valence-corrected chi connectivity index (χ2v) is 8.16. The molecular weight excluding hydrogens is 460 g/mol. The molecule has 0 saturated carbocycles. The van der Waals surface area contributed by atoms with Crippen LogP contribution in [0.25, 0.3) is 17.2 Å². The van der Waals surface area contributed by atoms with Crippen LogP contribution in [0.3, 0.4) is 0 Å². The largest absolute Gasteiger partial charge is 0.462 e. The number of nitrogens with two attached hydrogens (primary N) is 1. The Morgan fingerprint density at radius 1 is 1.08 bits per heavy atom. The molecule has 10 heteroatoms. The fourth-order valence-corrected chi connectivity index (χ4v) is 3.92. The average Bonchev–Trinajstić information content (AvgIpc) is 3.07. The van der Waals surface area contributed by atoms with Crippen molar-refractivity contribution >= 4 is 29.5 Å². The number of aliphatic imine (C=N–C) groups is 1. The number of hydrogen-bond acceptors (Lipinski definition) is 8. The molecular formula is C26H30N6O4. The maximum Gasteiger partial charge on any atom is 0.338 e. The van der Waals surface area contributed by atoms with Crippen LogP contribution in [0.4, 0.5) is 5.69 Å². The highest BCUT2D eigenvalue weighted by Gasteiger charge is 2.22. The van der Waals surface area contributed by atoms with Crippen LogP contribution in [0.15, 0.2) is 68.5 Å². The zero-order chi connectivity index (χ0) is 25.9. The van der Waals surface area contributed by atoms with Crippen molar-refractivity contribution in [2.75, 3.05) is 26.2 Å². The summed E-state index contributed by atoms with van der Waals surface area (Å²) in [6, 6.07) is 12.8. The number of rotatable bonds is 10. The molecule has 0 aromatic heterocycles. The van der Waals surface area contributed by atoms with E-state index in [2.05, 4.69) is 20.5 Å². The molecule has 0 fully saturated rings. The molecule has 0 bridgehead atoms. The van der Waals surface area contributed by atoms with Gasteiger partial charge in [0.15, 0.2) is 5.84 Å². The first-order chi connectivity index (χ1) is 17.5. The van der Waals surface area contributed by atoms with E-state index in [1.54, 1.807) is 24.0 Å². The van der Waals surface area contributed by atoms with E-state index in [0.29, 0.717) is 48.8 Å². The molecule has 3 rings (SSSR count). The Bertz CT molecular complexity index is 1190. The van der Waals surface area contributed by atoms with Gasteiger partial charge in [-0.05, 0) is 55.2 Å². The zero-order valence-electron chi connectivity index (χ0n) is 20.5. The van der Waals surface area contributed by atoms with Crippen LogP contribution in [0.2, 0.25) is 0 Å². The number of esters is 1. The topological polar surface area (TPSA) is 139 Å². The summed E-state index contributed by atoms with van der Waals surface area (Å²) in [4.78, 5) is 42.1. The van der Waals surface area contributed by atoms with Gasteiger partial charge in [-0.3, -0.25) is 4.79 Å². The Labute approximate surface area is 209 Å². The highest BCUT2D eigenvalue weighted by atomic mass is 16.5. The third kappa shape index (κ3) is 6.68. The maximum absolute atomic E-state index is 13.4. The van der Waals surface area contributed by atoms with E-state index in [0.717, 1.165) is 23.1 Å². The van der Waals surface area contributed by atoms with E-state index in [1.165, 1.54) is 0 Å². The van der Waals surface area contributed by atoms with Gasteiger partial charge in [0.1, 0.15) is 0 Å². The van der Waals surface area contributed by atoms with Crippen LogP contribution in [0.1, 0.15) is 49.0 Å². The number of hydrogen-bond donors (Lipinski definition) is 1. The molecule has 188 valence electrons. The molecule has 0 atom stereocenters. The van der Waals surface area contributed by atoms with Gasteiger partial charge in [-0.1, -0.05) is 41.6 Å². The number of benzene rings is 2. The van der Waals surface area contributed by atoms with Crippen molar-refractivity contribution in [2.45, 2.75) is 33.1 Å². The van der Waals surface area contributed by atoms with Crippen LogP contribution < -0.4 is 5.84 Å². The summed E-state index contributed by atoms with van der Waals surface area (Å²) >= 11 is 0. The smallest absolute Gasteiger partial charge is 0.338 e. The Morgan fingerprint density at radius 2 is 1.83 bits per heavy atom. The fraction of sp³-hybridized carbons (Fsp3) is 0.346. The Kier molecular flexibility index (Phi) is 9.56. The van der Waals surface area contributed by atoms with Crippen molar-refractivity contribution in [1.29, 1.82) is 0 Å². The van der Waals surface area contributed by atoms with Gasteiger partial charge in [0.05, 0.1) is 24.4 Å². The van der Waals surface area contributed by atoms with E-state index >= 15 is 0 Å². The number of nitrogens with zero attached hydrogens (tertiary/aromatic N) is 5. The molecule has 1 aliphatic rings. The summed E-state index contributed by atoms with van der Waals surface area (Å²) in [5.74, 6) is 5.11. The van der Waals surface area contributed by atoms with E-state index in [4.69, 9.17) is 10.6 Å². The second-order valence-electron chi connectivity index (χ2n) is 8.16. The standard InChI is InChI=1S/C26H30N6O4/c1-3-13-32(14-5-12-28-35)25(33)22-15-21-11-10-20(16-23(21)29-24(17-22)30-31-27)18-6-8-19(9-7-18)26(34)36-4-2/h6-11,15-16H,3-5,12-14,17H2,1-2H3,(H2,27,29,30). The molecule has 36 heavy (non-hydrogen) atoms. The minimum Gasteiger partial charge on any atom is -0.462 e. The molecule has 2 aromatic carbocycles. The molecule has 0 unspecified atom stereocenters. The molecule has 2 N–H and O–H groups in total. The van der Waals surface area contributed by atoms with Gasteiger partial charge in [-0.25, -0.2) is 9.79 Å². The average molecular weight is 491 g/mol. The van der Waals surface area contributed by atoms with Crippen LogP contribution >= 0.6 is 0 Å². The number of ether oxygens (including phenoxy) is 1. The first-order valence-corrected chi connectivity index (χ1v) is 11.9. The van der Waals surface area contributed by atoms with E-state index in [-0.39, 0.29) is 24.8 Å². The van der Waals surface area contributed by atoms with Gasteiger partial charge >= 0.3 is 5.97 Å². The lowest BCUT2D eigenvalue weighted by Gasteiger charge is -2.23. The number of fused-ring (bicyclic) bond motifs is 1. The van der Waals surface area contributed by atoms with Gasteiger partial charge < -0.3 is 15.5 Å². The van der Waals surface area contributed by atoms with Crippen molar-refractivity contribution in [3.8, 4) is 11.1 Å². The number of amidine groups is 1. The third-order valence-corrected chi connectivity index (χ3v) is 5.59. The molecule has 10 nitrogen and oxygen atoms in total. The van der Waals surface area contributed by atoms with Crippen molar-refractivity contribution < 1.29 is 14.3 Å². The predicted molar refractivity (Wildman–Crippen MR) is 139 cm³/mol. The first-order valence-electron chi connectivity index (χ1n) is 11.9. The number of amides is 1. The second kappa shape index (κ2) is 13.0. The summed E-state index contributed by atoms with van der Waals surface area (Å²) < 4.78 is 5.04. The Hall–Kier alpha value is -4.21. The SMILES string of the molecule is CCCN(CCCN=O)C(=O)C1=Cc2ccc(-c3ccc(C(=O)OCC)cc3)cc2N=C(N=NN)C1. The monoisotopic (exact) mass is 490 g/mol. The van der Waals surface area contributed by atoms with Crippen molar-refractivity contribution in [2.24, 2.45) is 26.3 Å². The predicted octanol–water partition coefficient (Wildman–Crippen LogP) is 5.07. The third-order valence-electron chi connectivity index (χ3n) is 5.59. The fourth-order valence-electron chi connectivity index (χ4n) is 3.92. The minimum absolute atomic E-state index is 0.144. The Balaban J connectivity index is 1.94. The number of nitroso groups, excluding NO2 is 1. The van der Waals surface area contributed by atoms with Crippen LogP contribution in [-0.2, 0) is 9.53 Å². The quantitative estimate of drug-likeness (QED) is 0.124. The molecule has 1 aliphatic heterocycles. The van der Waals surface area contributed by atoms with Crippen LogP contribution in [-0.4, -0.2) is 48.9 Å². The zero-order valence-corrected chi connectivity index (χ0v) is 20.5. The molecule has 0 aliphatic carbocycles. The normalized spacial score (nSPS) is 12.8. The van der Waals surface area contributed by atoms with Crippen molar-refractivity contribution in [3.63, 3.8) is 0 Å². The molecule has 1 amide bonds. The summed E-state index contributed by atoms with van der Waals surface area (Å²) in [5, 5.41) is 10.2. The maximum atomic E-state index is 13.4. The number of carbonyl (C=O) groups excluding carboxylic acids is 2. The summed E-state index contributed by atoms with van der Waals surface area (Å²) in [5.41, 5.74) is 4.15. The molecule has 2 aromatic rings. The van der Waals surface area contributed by atoms with Crippen molar-refractivity contribution in [3.05, 3.63) is 64.1 Å². The lowest BCUT2D eigenvalue weighted by molar-refractivity contribution is -0.127. The lowest BCUT2D eigenvalue weighted by atomic mass is 10.00. The van der Waals surface area contributed by atoms with E-state index in [9.17, 15) is 14.5 Å². The van der Waals surface area contributed by atoms with E-state index < -0.39 is 0 Å². The molecule has 0 saturated heterocycles. The highest BCUT2D eigenvalue weighted by molar-refractivity contribution is 6.06.